The highest BCUT2D eigenvalue weighted by atomic mass is 35.5. The van der Waals surface area contributed by atoms with E-state index in [1.54, 1.807) is 4.90 Å². The van der Waals surface area contributed by atoms with Crippen LogP contribution in [0.2, 0.25) is 5.02 Å². The minimum absolute atomic E-state index is 0.0369. The number of anilines is 1. The zero-order chi connectivity index (χ0) is 15.4. The van der Waals surface area contributed by atoms with E-state index in [0.29, 0.717) is 18.8 Å². The molecule has 116 valence electrons. The van der Waals surface area contributed by atoms with Crippen molar-refractivity contribution < 1.29 is 23.4 Å². The highest BCUT2D eigenvalue weighted by molar-refractivity contribution is 6.32. The Balaban J connectivity index is 2.01. The predicted octanol–water partition coefficient (Wildman–Crippen LogP) is 2.79. The summed E-state index contributed by atoms with van der Waals surface area (Å²) in [5, 5.41) is 11.7. The lowest BCUT2D eigenvalue weighted by molar-refractivity contribution is -0.0497. The number of halogens is 3. The second-order valence-corrected chi connectivity index (χ2v) is 5.14. The summed E-state index contributed by atoms with van der Waals surface area (Å²) in [5.74, 6) is -0.113. The molecule has 2 amide bonds. The number of ether oxygens (including phenoxy) is 1. The molecule has 2 rings (SSSR count). The number of nitrogens with zero attached hydrogens (tertiary/aromatic N) is 1. The number of carbonyl (C=O) groups is 1. The molecule has 1 aliphatic heterocycles. The normalized spacial score (nSPS) is 18.1. The summed E-state index contributed by atoms with van der Waals surface area (Å²) in [6.45, 7) is -1.93. The van der Waals surface area contributed by atoms with E-state index in [-0.39, 0.29) is 29.3 Å². The van der Waals surface area contributed by atoms with Gasteiger partial charge in [0.2, 0.25) is 0 Å². The minimum Gasteiger partial charge on any atom is -0.433 e. The Bertz CT molecular complexity index is 516. The Labute approximate surface area is 125 Å². The van der Waals surface area contributed by atoms with E-state index in [1.807, 2.05) is 0 Å². The molecule has 5 nitrogen and oxygen atoms in total. The van der Waals surface area contributed by atoms with Crippen LogP contribution < -0.4 is 10.1 Å². The fraction of sp³-hybridized carbons (Fsp3) is 0.462. The summed E-state index contributed by atoms with van der Waals surface area (Å²) in [7, 11) is 0. The van der Waals surface area contributed by atoms with E-state index in [4.69, 9.17) is 16.7 Å². The van der Waals surface area contributed by atoms with Gasteiger partial charge in [-0.2, -0.15) is 8.78 Å². The highest BCUT2D eigenvalue weighted by Crippen LogP contribution is 2.29. The Hall–Kier alpha value is -1.60. The molecule has 1 saturated heterocycles. The zero-order valence-corrected chi connectivity index (χ0v) is 11.8. The molecule has 0 saturated carbocycles. The largest absolute Gasteiger partial charge is 0.433 e. The molecule has 1 aliphatic rings. The van der Waals surface area contributed by atoms with Gasteiger partial charge in [-0.25, -0.2) is 4.79 Å². The molecule has 1 heterocycles. The van der Waals surface area contributed by atoms with Gasteiger partial charge in [-0.05, 0) is 18.6 Å². The fourth-order valence-corrected chi connectivity index (χ4v) is 2.30. The van der Waals surface area contributed by atoms with Crippen LogP contribution in [0.1, 0.15) is 6.42 Å². The quantitative estimate of drug-likeness (QED) is 0.896. The van der Waals surface area contributed by atoms with Gasteiger partial charge in [0, 0.05) is 37.4 Å². The molecular weight excluding hydrogens is 306 g/mol. The van der Waals surface area contributed by atoms with Crippen LogP contribution in [0.5, 0.6) is 5.75 Å². The number of benzene rings is 1. The number of carbonyl (C=O) groups excluding carboxylic acids is 1. The number of hydrogen-bond acceptors (Lipinski definition) is 3. The molecule has 21 heavy (non-hydrogen) atoms. The van der Waals surface area contributed by atoms with E-state index in [0.717, 1.165) is 6.42 Å². The van der Waals surface area contributed by atoms with Crippen molar-refractivity contribution in [1.29, 1.82) is 0 Å². The maximum absolute atomic E-state index is 12.2. The SMILES string of the molecule is O=C(Nc1ccc(Cl)c(OC(F)F)c1)N1CC[C@@H](CO)C1. The number of alkyl halides is 2. The standard InChI is InChI=1S/C13H15ClF2N2O3/c14-10-2-1-9(5-11(10)21-12(15)16)17-13(20)18-4-3-8(6-18)7-19/h1-2,5,8,12,19H,3-4,6-7H2,(H,17,20)/t8-/m1/s1. The molecule has 0 spiro atoms. The molecule has 0 aliphatic carbocycles. The number of urea groups is 1. The zero-order valence-electron chi connectivity index (χ0n) is 11.1. The molecule has 1 aromatic rings. The number of rotatable bonds is 4. The number of likely N-dealkylation sites (tertiary alicyclic amines) is 1. The van der Waals surface area contributed by atoms with Gasteiger partial charge in [-0.1, -0.05) is 11.6 Å². The molecule has 2 N–H and O–H groups in total. The Morgan fingerprint density at radius 3 is 2.95 bits per heavy atom. The van der Waals surface area contributed by atoms with Crippen LogP contribution in [0, 0.1) is 5.92 Å². The highest BCUT2D eigenvalue weighted by Gasteiger charge is 2.25. The van der Waals surface area contributed by atoms with Gasteiger partial charge in [-0.3, -0.25) is 0 Å². The Morgan fingerprint density at radius 1 is 1.57 bits per heavy atom. The average Bonchev–Trinajstić information content (AvgIpc) is 2.91. The fourth-order valence-electron chi connectivity index (χ4n) is 2.14. The van der Waals surface area contributed by atoms with Crippen LogP contribution >= 0.6 is 11.6 Å². The summed E-state index contributed by atoms with van der Waals surface area (Å²) in [6, 6.07) is 3.76. The Kier molecular flexibility index (Phi) is 5.19. The first kappa shape index (κ1) is 15.8. The summed E-state index contributed by atoms with van der Waals surface area (Å²) >= 11 is 5.73. The molecule has 1 fully saturated rings. The van der Waals surface area contributed by atoms with Crippen LogP contribution in [0.15, 0.2) is 18.2 Å². The minimum atomic E-state index is -2.99. The first-order valence-corrected chi connectivity index (χ1v) is 6.78. The van der Waals surface area contributed by atoms with Gasteiger partial charge in [0.25, 0.3) is 0 Å². The number of amides is 2. The van der Waals surface area contributed by atoms with Gasteiger partial charge in [0.15, 0.2) is 0 Å². The second kappa shape index (κ2) is 6.91. The molecule has 0 aromatic heterocycles. The molecule has 0 unspecified atom stereocenters. The topological polar surface area (TPSA) is 61.8 Å². The van der Waals surface area contributed by atoms with Crippen molar-refractivity contribution in [3.63, 3.8) is 0 Å². The van der Waals surface area contributed by atoms with Crippen LogP contribution in [0.4, 0.5) is 19.3 Å². The molecule has 1 aromatic carbocycles. The molecule has 8 heteroatoms. The van der Waals surface area contributed by atoms with Crippen LogP contribution in [0.25, 0.3) is 0 Å². The average molecular weight is 321 g/mol. The van der Waals surface area contributed by atoms with Crippen molar-refractivity contribution in [2.24, 2.45) is 5.92 Å². The summed E-state index contributed by atoms with van der Waals surface area (Å²) in [5.41, 5.74) is 0.312. The number of hydrogen-bond donors (Lipinski definition) is 2. The van der Waals surface area contributed by atoms with Gasteiger partial charge in [0.05, 0.1) is 5.02 Å². The molecule has 0 bridgehead atoms. The summed E-state index contributed by atoms with van der Waals surface area (Å²) < 4.78 is 28.7. The van der Waals surface area contributed by atoms with Gasteiger partial charge < -0.3 is 20.1 Å². The monoisotopic (exact) mass is 320 g/mol. The summed E-state index contributed by atoms with van der Waals surface area (Å²) in [4.78, 5) is 13.6. The first-order valence-electron chi connectivity index (χ1n) is 6.40. The molecular formula is C13H15ClF2N2O3. The van der Waals surface area contributed by atoms with Crippen molar-refractivity contribution in [3.8, 4) is 5.75 Å². The third-order valence-electron chi connectivity index (χ3n) is 3.23. The van der Waals surface area contributed by atoms with E-state index >= 15 is 0 Å². The lowest BCUT2D eigenvalue weighted by Crippen LogP contribution is -2.33. The summed E-state index contributed by atoms with van der Waals surface area (Å²) in [6.07, 6.45) is 0.740. The first-order chi connectivity index (χ1) is 9.99. The maximum atomic E-state index is 12.2. The van der Waals surface area contributed by atoms with E-state index in [2.05, 4.69) is 10.1 Å². The third-order valence-corrected chi connectivity index (χ3v) is 3.54. The van der Waals surface area contributed by atoms with E-state index < -0.39 is 6.61 Å². The van der Waals surface area contributed by atoms with Crippen LogP contribution in [0.3, 0.4) is 0 Å². The predicted molar refractivity (Wildman–Crippen MR) is 73.9 cm³/mol. The molecule has 1 atom stereocenters. The van der Waals surface area contributed by atoms with Gasteiger partial charge >= 0.3 is 12.6 Å². The van der Waals surface area contributed by atoms with Crippen LogP contribution in [-0.4, -0.2) is 42.3 Å². The van der Waals surface area contributed by atoms with Crippen LogP contribution in [-0.2, 0) is 0 Å². The third kappa shape index (κ3) is 4.18. The van der Waals surface area contributed by atoms with Crippen molar-refractivity contribution >= 4 is 23.3 Å². The van der Waals surface area contributed by atoms with E-state index in [9.17, 15) is 13.6 Å². The number of nitrogens with one attached hydrogen (secondary N) is 1. The lowest BCUT2D eigenvalue weighted by Gasteiger charge is -2.17. The Morgan fingerprint density at radius 2 is 2.33 bits per heavy atom. The van der Waals surface area contributed by atoms with E-state index in [1.165, 1.54) is 18.2 Å². The van der Waals surface area contributed by atoms with Gasteiger partial charge in [-0.15, -0.1) is 0 Å². The second-order valence-electron chi connectivity index (χ2n) is 4.74. The van der Waals surface area contributed by atoms with Crippen molar-refractivity contribution in [1.82, 2.24) is 4.90 Å². The number of aliphatic hydroxyl groups excluding tert-OH is 1. The van der Waals surface area contributed by atoms with Crippen molar-refractivity contribution in [2.45, 2.75) is 13.0 Å². The van der Waals surface area contributed by atoms with Crippen molar-refractivity contribution in [2.75, 3.05) is 25.0 Å². The smallest absolute Gasteiger partial charge is 0.387 e. The maximum Gasteiger partial charge on any atom is 0.387 e. The number of aliphatic hydroxyl groups is 1. The molecule has 0 radical (unpaired) electrons. The lowest BCUT2D eigenvalue weighted by atomic mass is 10.1. The van der Waals surface area contributed by atoms with Crippen molar-refractivity contribution in [3.05, 3.63) is 23.2 Å². The van der Waals surface area contributed by atoms with Gasteiger partial charge in [0.1, 0.15) is 5.75 Å².